The van der Waals surface area contributed by atoms with Crippen molar-refractivity contribution in [2.24, 2.45) is 0 Å². The molecule has 8 aromatic carbocycles. The van der Waals surface area contributed by atoms with Crippen LogP contribution in [0.25, 0.3) is 43.1 Å². The predicted molar refractivity (Wildman–Crippen MR) is 179 cm³/mol. The van der Waals surface area contributed by atoms with Crippen LogP contribution in [0.4, 0.5) is 123 Å². The second-order valence-electron chi connectivity index (χ2n) is 14.3. The predicted octanol–water partition coefficient (Wildman–Crippen LogP) is 8.58. The molecule has 8 rings (SSSR count). The van der Waals surface area contributed by atoms with Gasteiger partial charge in [0.15, 0.2) is 140 Å². The third-order valence-electron chi connectivity index (χ3n) is 11.2. The van der Waals surface area contributed by atoms with Gasteiger partial charge in [0.1, 0.15) is 29.4 Å². The number of fused-ring (bicyclic) bond motifs is 4. The molecule has 0 aliphatic carbocycles. The summed E-state index contributed by atoms with van der Waals surface area (Å²) in [5.41, 5.74) is -15.5. The molecule has 8 aromatic rings. The third kappa shape index (κ3) is 6.01. The van der Waals surface area contributed by atoms with E-state index in [1.54, 1.807) is 0 Å². The maximum Gasteiger partial charge on any atom is 1.00 e. The first-order valence-electron chi connectivity index (χ1n) is 17.4. The molecule has 0 aromatic heterocycles. The molecule has 0 radical (unpaired) electrons. The fourth-order valence-electron chi connectivity index (χ4n) is 8.59. The molecular formula is C40BF28Li. The van der Waals surface area contributed by atoms with Crippen LogP contribution in [0.5, 0.6) is 0 Å². The second-order valence-corrected chi connectivity index (χ2v) is 14.3. The zero-order chi connectivity index (χ0) is 51.6. The third-order valence-corrected chi connectivity index (χ3v) is 11.2. The zero-order valence-corrected chi connectivity index (χ0v) is 32.2. The summed E-state index contributed by atoms with van der Waals surface area (Å²) in [5, 5.41) is -27.0. The van der Waals surface area contributed by atoms with Crippen LogP contribution in [-0.4, -0.2) is 6.15 Å². The molecule has 0 bridgehead atoms. The molecule has 0 spiro atoms. The van der Waals surface area contributed by atoms with Crippen LogP contribution >= 0.6 is 0 Å². The second kappa shape index (κ2) is 16.6. The Bertz CT molecular complexity index is 3260. The van der Waals surface area contributed by atoms with E-state index in [4.69, 9.17) is 0 Å². The summed E-state index contributed by atoms with van der Waals surface area (Å²) < 4.78 is 446. The molecule has 0 aliphatic rings. The Hall–Kier alpha value is -6.50. The topological polar surface area (TPSA) is 0 Å². The molecule has 0 unspecified atom stereocenters. The maximum absolute atomic E-state index is 17.3. The van der Waals surface area contributed by atoms with Crippen molar-refractivity contribution in [3.63, 3.8) is 0 Å². The van der Waals surface area contributed by atoms with Gasteiger partial charge in [-0.3, -0.25) is 0 Å². The van der Waals surface area contributed by atoms with Gasteiger partial charge in [0, 0.05) is 0 Å². The Morgan fingerprint density at radius 2 is 0.229 bits per heavy atom. The fraction of sp³-hybridized carbons (Fsp3) is 0. The van der Waals surface area contributed by atoms with Crippen LogP contribution in [0.15, 0.2) is 0 Å². The summed E-state index contributed by atoms with van der Waals surface area (Å²) in [6.07, 6.45) is -8.05. The van der Waals surface area contributed by atoms with Gasteiger partial charge in [-0.2, -0.15) is 0 Å². The quantitative estimate of drug-likeness (QED) is 0.0718. The average Bonchev–Trinajstić information content (AvgIpc) is 3.31. The first-order valence-corrected chi connectivity index (χ1v) is 17.4. The smallest absolute Gasteiger partial charge is 0.207 e. The van der Waals surface area contributed by atoms with E-state index in [0.717, 1.165) is 0 Å². The summed E-state index contributed by atoms with van der Waals surface area (Å²) in [4.78, 5) is 0. The minimum Gasteiger partial charge on any atom is -0.207 e. The number of hydrogen-bond acceptors (Lipinski definition) is 0. The van der Waals surface area contributed by atoms with Gasteiger partial charge >= 0.3 is 18.9 Å². The minimum atomic E-state index is -8.05. The molecule has 0 fully saturated rings. The standard InChI is InChI=1S/C40BF28.Li/c42-13-1-5(21(50)37(66)33(13)62)17(46)29(58)25(54)9(1)41(10-2-6(18(47)30(59)26(10)55)22(51)38(67)34(63)14(2)43,11-3-7(19(48)31(60)27(11)56)23(52)39(68)35(64)15(3)44)12-4-8(20(49)32(61)28(12)57)24(53)40(69)36(65)16(4)45;/q-1;+1. The summed E-state index contributed by atoms with van der Waals surface area (Å²) in [5.74, 6) is -104. The van der Waals surface area contributed by atoms with Gasteiger partial charge in [0.25, 0.3) is 0 Å². The van der Waals surface area contributed by atoms with Gasteiger partial charge in [-0.05, 0) is 21.5 Å². The monoisotopic (exact) mass is 1030 g/mol. The maximum atomic E-state index is 17.3. The van der Waals surface area contributed by atoms with Gasteiger partial charge < -0.3 is 0 Å². The van der Waals surface area contributed by atoms with Crippen LogP contribution in [0.3, 0.4) is 0 Å². The molecule has 0 saturated carbocycles. The largest absolute Gasteiger partial charge is 1.00 e. The van der Waals surface area contributed by atoms with Crippen LogP contribution in [-0.2, 0) is 0 Å². The Labute approximate surface area is 375 Å². The Balaban J connectivity index is 0.00000722. The molecule has 0 aliphatic heterocycles. The number of hydrogen-bond donors (Lipinski definition) is 0. The van der Waals surface area contributed by atoms with Crippen LogP contribution in [0.2, 0.25) is 0 Å². The number of rotatable bonds is 4. The fourth-order valence-corrected chi connectivity index (χ4v) is 8.59. The van der Waals surface area contributed by atoms with Crippen molar-refractivity contribution in [3.8, 4) is 0 Å². The molecule has 0 amide bonds. The summed E-state index contributed by atoms with van der Waals surface area (Å²) in [6.45, 7) is 0. The first-order chi connectivity index (χ1) is 32.0. The van der Waals surface area contributed by atoms with E-state index in [9.17, 15) is 17.6 Å². The van der Waals surface area contributed by atoms with Crippen molar-refractivity contribution >= 4 is 71.1 Å². The van der Waals surface area contributed by atoms with E-state index in [-0.39, 0.29) is 18.9 Å². The van der Waals surface area contributed by atoms with E-state index < -0.39 is 234 Å². The molecule has 0 heterocycles. The van der Waals surface area contributed by atoms with Gasteiger partial charge in [0.05, 0.1) is 21.5 Å². The van der Waals surface area contributed by atoms with Gasteiger partial charge in [-0.25, -0.2) is 123 Å². The first kappa shape index (κ1) is 51.4. The molecule has 30 heteroatoms. The molecule has 0 atom stereocenters. The van der Waals surface area contributed by atoms with Crippen molar-refractivity contribution in [2.45, 2.75) is 0 Å². The van der Waals surface area contributed by atoms with Crippen LogP contribution < -0.4 is 40.7 Å². The Kier molecular flexibility index (Phi) is 12.1. The zero-order valence-electron chi connectivity index (χ0n) is 32.2. The number of benzene rings is 8. The van der Waals surface area contributed by atoms with Gasteiger partial charge in [-0.1, -0.05) is 0 Å². The summed E-state index contributed by atoms with van der Waals surface area (Å²) >= 11 is 0. The molecular weight excluding hydrogens is 1030 g/mol. The van der Waals surface area contributed by atoms with E-state index in [1.165, 1.54) is 0 Å². The molecule has 0 N–H and O–H groups in total. The van der Waals surface area contributed by atoms with Crippen molar-refractivity contribution in [2.75, 3.05) is 0 Å². The van der Waals surface area contributed by atoms with Gasteiger partial charge in [0.2, 0.25) is 0 Å². The van der Waals surface area contributed by atoms with Crippen LogP contribution in [0.1, 0.15) is 0 Å². The average molecular weight is 1030 g/mol. The Morgan fingerprint density at radius 3 is 0.357 bits per heavy atom. The number of halogens is 28. The van der Waals surface area contributed by atoms with Crippen molar-refractivity contribution in [3.05, 3.63) is 163 Å². The molecule has 0 nitrogen and oxygen atoms in total. The van der Waals surface area contributed by atoms with Crippen molar-refractivity contribution in [1.29, 1.82) is 0 Å². The summed E-state index contributed by atoms with van der Waals surface area (Å²) in [6, 6.07) is 0. The molecule has 360 valence electrons. The van der Waals surface area contributed by atoms with Gasteiger partial charge in [-0.15, -0.1) is 21.9 Å². The van der Waals surface area contributed by atoms with E-state index in [2.05, 4.69) is 0 Å². The van der Waals surface area contributed by atoms with Crippen LogP contribution in [0, 0.1) is 163 Å². The van der Waals surface area contributed by atoms with Crippen molar-refractivity contribution < 1.29 is 142 Å². The SMILES string of the molecule is Fc1c(F)c(F)c2c([B-](c3c(F)c(F)c(F)c4c(F)c(F)c(F)c(F)c34)(c3c(F)c(F)c(F)c4c(F)c(F)c(F)c(F)c34)c3c(F)c(F)c(F)c4c(F)c(F)c(F)c(F)c34)c(F)c(F)c(F)c2c1F.[Li+]. The van der Waals surface area contributed by atoms with Crippen molar-refractivity contribution in [1.82, 2.24) is 0 Å². The molecule has 0 saturated heterocycles. The van der Waals surface area contributed by atoms with E-state index >= 15 is 105 Å². The molecule has 70 heavy (non-hydrogen) atoms. The minimum absolute atomic E-state index is 0. The Morgan fingerprint density at radius 1 is 0.129 bits per heavy atom. The summed E-state index contributed by atoms with van der Waals surface area (Å²) in [7, 11) is 0. The normalized spacial score (nSPS) is 12.2. The van der Waals surface area contributed by atoms with E-state index in [0.29, 0.717) is 0 Å². The van der Waals surface area contributed by atoms with E-state index in [1.807, 2.05) is 0 Å².